The van der Waals surface area contributed by atoms with E-state index in [0.29, 0.717) is 17.9 Å². The maximum Gasteiger partial charge on any atom is 0.256 e. The summed E-state index contributed by atoms with van der Waals surface area (Å²) in [7, 11) is 0. The smallest absolute Gasteiger partial charge is 0.256 e. The molecule has 0 atom stereocenters. The summed E-state index contributed by atoms with van der Waals surface area (Å²) in [4.78, 5) is 12.5. The van der Waals surface area contributed by atoms with Gasteiger partial charge in [0.2, 0.25) is 0 Å². The molecule has 2 aromatic carbocycles. The number of carbonyl (C=O) groups excluding carboxylic acids is 1. The van der Waals surface area contributed by atoms with E-state index in [0.717, 1.165) is 35.3 Å². The van der Waals surface area contributed by atoms with Crippen molar-refractivity contribution in [3.8, 4) is 5.69 Å². The van der Waals surface area contributed by atoms with Gasteiger partial charge in [0.05, 0.1) is 11.9 Å². The molecule has 0 aliphatic rings. The Hall–Kier alpha value is -3.87. The molecule has 31 heavy (non-hydrogen) atoms. The first-order valence-corrected chi connectivity index (χ1v) is 10.3. The van der Waals surface area contributed by atoms with E-state index in [9.17, 15) is 4.79 Å². The summed E-state index contributed by atoms with van der Waals surface area (Å²) in [5.41, 5.74) is 5.90. The third kappa shape index (κ3) is 4.66. The fourth-order valence-electron chi connectivity index (χ4n) is 3.46. The van der Waals surface area contributed by atoms with Crippen LogP contribution in [0.5, 0.6) is 0 Å². The Morgan fingerprint density at radius 1 is 1.13 bits per heavy atom. The number of para-hydroxylation sites is 1. The van der Waals surface area contributed by atoms with Crippen LogP contribution in [0.3, 0.4) is 0 Å². The summed E-state index contributed by atoms with van der Waals surface area (Å²) < 4.78 is 6.77. The van der Waals surface area contributed by atoms with Crippen molar-refractivity contribution in [1.29, 1.82) is 0 Å². The lowest BCUT2D eigenvalue weighted by Crippen LogP contribution is -2.13. The highest BCUT2D eigenvalue weighted by atomic mass is 16.5. The maximum absolute atomic E-state index is 12.5. The van der Waals surface area contributed by atoms with Crippen LogP contribution in [0.4, 0.5) is 11.5 Å². The largest absolute Gasteiger partial charge is 0.381 e. The number of nitrogens with one attached hydrogen (secondary N) is 2. The van der Waals surface area contributed by atoms with Gasteiger partial charge in [0.15, 0.2) is 5.82 Å². The molecule has 2 N–H and O–H groups in total. The molecular formula is C24H25N5O2. The van der Waals surface area contributed by atoms with Crippen molar-refractivity contribution in [3.05, 3.63) is 89.4 Å². The third-order valence-electron chi connectivity index (χ3n) is 5.09. The predicted molar refractivity (Wildman–Crippen MR) is 121 cm³/mol. The quantitative estimate of drug-likeness (QED) is 0.424. The highest BCUT2D eigenvalue weighted by molar-refractivity contribution is 6.04. The first-order chi connectivity index (χ1) is 15.2. The van der Waals surface area contributed by atoms with Crippen LogP contribution >= 0.6 is 0 Å². The van der Waals surface area contributed by atoms with Crippen molar-refractivity contribution in [2.45, 2.75) is 33.2 Å². The molecule has 2 aromatic heterocycles. The molecule has 0 spiro atoms. The Labute approximate surface area is 181 Å². The van der Waals surface area contributed by atoms with E-state index in [1.807, 2.05) is 48.1 Å². The number of amides is 1. The molecule has 0 aliphatic carbocycles. The normalized spacial score (nSPS) is 10.8. The molecule has 0 aliphatic heterocycles. The number of anilines is 2. The molecule has 0 saturated carbocycles. The first-order valence-electron chi connectivity index (χ1n) is 10.3. The zero-order valence-corrected chi connectivity index (χ0v) is 17.6. The Kier molecular flexibility index (Phi) is 6.12. The van der Waals surface area contributed by atoms with Crippen LogP contribution in [-0.4, -0.2) is 20.8 Å². The number of aryl methyl sites for hydroxylation is 1. The van der Waals surface area contributed by atoms with Gasteiger partial charge in [0, 0.05) is 35.1 Å². The van der Waals surface area contributed by atoms with Gasteiger partial charge >= 0.3 is 0 Å². The van der Waals surface area contributed by atoms with Crippen LogP contribution in [0.2, 0.25) is 0 Å². The van der Waals surface area contributed by atoms with Gasteiger partial charge in [-0.2, -0.15) is 5.10 Å². The van der Waals surface area contributed by atoms with E-state index < -0.39 is 0 Å². The van der Waals surface area contributed by atoms with Gasteiger partial charge in [0.25, 0.3) is 5.91 Å². The highest BCUT2D eigenvalue weighted by Gasteiger charge is 2.13. The predicted octanol–water partition coefficient (Wildman–Crippen LogP) is 4.99. The molecule has 0 radical (unpaired) electrons. The molecular weight excluding hydrogens is 390 g/mol. The van der Waals surface area contributed by atoms with Crippen molar-refractivity contribution in [2.75, 3.05) is 10.6 Å². The van der Waals surface area contributed by atoms with E-state index in [2.05, 4.69) is 39.9 Å². The zero-order valence-electron chi connectivity index (χ0n) is 17.6. The lowest BCUT2D eigenvalue weighted by molar-refractivity contribution is 0.102. The second-order valence-corrected chi connectivity index (χ2v) is 7.34. The SMILES string of the molecule is CCCc1c(CNc2cc(C(=O)Nc3ccon3)ccc2C)cnn1-c1ccccc1. The summed E-state index contributed by atoms with van der Waals surface area (Å²) in [5.74, 6) is 0.151. The molecule has 7 nitrogen and oxygen atoms in total. The second kappa shape index (κ2) is 9.30. The fraction of sp³-hybridized carbons (Fsp3) is 0.208. The van der Waals surface area contributed by atoms with Crippen LogP contribution in [0.15, 0.2) is 71.6 Å². The number of aromatic nitrogens is 3. The minimum atomic E-state index is -0.236. The Bertz CT molecular complexity index is 1150. The number of hydrogen-bond donors (Lipinski definition) is 2. The van der Waals surface area contributed by atoms with E-state index in [1.165, 1.54) is 12.0 Å². The highest BCUT2D eigenvalue weighted by Crippen LogP contribution is 2.22. The monoisotopic (exact) mass is 415 g/mol. The molecule has 7 heteroatoms. The number of rotatable bonds is 8. The van der Waals surface area contributed by atoms with E-state index in [-0.39, 0.29) is 5.91 Å². The summed E-state index contributed by atoms with van der Waals surface area (Å²) in [6.07, 6.45) is 5.30. The minimum Gasteiger partial charge on any atom is -0.381 e. The van der Waals surface area contributed by atoms with Crippen LogP contribution in [-0.2, 0) is 13.0 Å². The lowest BCUT2D eigenvalue weighted by atomic mass is 10.1. The summed E-state index contributed by atoms with van der Waals surface area (Å²) in [6.45, 7) is 4.81. The van der Waals surface area contributed by atoms with Crippen molar-refractivity contribution in [1.82, 2.24) is 14.9 Å². The number of nitrogens with zero attached hydrogens (tertiary/aromatic N) is 3. The molecule has 0 bridgehead atoms. The zero-order chi connectivity index (χ0) is 21.6. The molecule has 158 valence electrons. The van der Waals surface area contributed by atoms with Crippen molar-refractivity contribution < 1.29 is 9.32 Å². The average Bonchev–Trinajstić information content (AvgIpc) is 3.44. The van der Waals surface area contributed by atoms with E-state index >= 15 is 0 Å². The van der Waals surface area contributed by atoms with Crippen molar-refractivity contribution >= 4 is 17.4 Å². The molecule has 4 aromatic rings. The van der Waals surface area contributed by atoms with Crippen LogP contribution < -0.4 is 10.6 Å². The van der Waals surface area contributed by atoms with Crippen LogP contribution in [0.25, 0.3) is 5.69 Å². The van der Waals surface area contributed by atoms with Gasteiger partial charge in [0.1, 0.15) is 6.26 Å². The number of carbonyl (C=O) groups is 1. The Morgan fingerprint density at radius 3 is 2.71 bits per heavy atom. The maximum atomic E-state index is 12.5. The van der Waals surface area contributed by atoms with Gasteiger partial charge in [-0.05, 0) is 43.2 Å². The lowest BCUT2D eigenvalue weighted by Gasteiger charge is -2.13. The van der Waals surface area contributed by atoms with Crippen molar-refractivity contribution in [2.24, 2.45) is 0 Å². The molecule has 4 rings (SSSR count). The average molecular weight is 415 g/mol. The number of hydrogen-bond acceptors (Lipinski definition) is 5. The minimum absolute atomic E-state index is 0.236. The fourth-order valence-corrected chi connectivity index (χ4v) is 3.46. The second-order valence-electron chi connectivity index (χ2n) is 7.34. The van der Waals surface area contributed by atoms with Crippen molar-refractivity contribution in [3.63, 3.8) is 0 Å². The van der Waals surface area contributed by atoms with E-state index in [1.54, 1.807) is 12.1 Å². The van der Waals surface area contributed by atoms with Gasteiger partial charge < -0.3 is 15.2 Å². The number of benzene rings is 2. The molecule has 0 saturated heterocycles. The summed E-state index contributed by atoms with van der Waals surface area (Å²) in [6, 6.07) is 17.3. The molecule has 1 amide bonds. The summed E-state index contributed by atoms with van der Waals surface area (Å²) >= 11 is 0. The molecule has 0 fully saturated rings. The topological polar surface area (TPSA) is 85.0 Å². The van der Waals surface area contributed by atoms with Gasteiger partial charge in [-0.25, -0.2) is 4.68 Å². The Morgan fingerprint density at radius 2 is 1.97 bits per heavy atom. The van der Waals surface area contributed by atoms with Crippen LogP contribution in [0, 0.1) is 6.92 Å². The van der Waals surface area contributed by atoms with Gasteiger partial charge in [-0.1, -0.05) is 42.8 Å². The third-order valence-corrected chi connectivity index (χ3v) is 5.09. The van der Waals surface area contributed by atoms with E-state index in [4.69, 9.17) is 4.52 Å². The Balaban J connectivity index is 1.52. The molecule has 2 heterocycles. The first kappa shape index (κ1) is 20.4. The van der Waals surface area contributed by atoms with Crippen LogP contribution in [0.1, 0.15) is 40.5 Å². The standard InChI is InChI=1S/C24H25N5O2/c1-3-7-22-19(16-26-29(22)20-8-5-4-6-9-20)15-25-21-14-18(11-10-17(21)2)24(30)27-23-12-13-31-28-23/h4-6,8-14,16,25H,3,7,15H2,1-2H3,(H,27,28,30). The van der Waals surface area contributed by atoms with Gasteiger partial charge in [-0.3, -0.25) is 4.79 Å². The summed E-state index contributed by atoms with van der Waals surface area (Å²) in [5, 5.41) is 14.5. The molecule has 0 unspecified atom stereocenters. The van der Waals surface area contributed by atoms with Gasteiger partial charge in [-0.15, -0.1) is 0 Å².